The summed E-state index contributed by atoms with van der Waals surface area (Å²) in [5.41, 5.74) is 0. The zero-order valence-electron chi connectivity index (χ0n) is 44.4. The third-order valence-electron chi connectivity index (χ3n) is 12.5. The van der Waals surface area contributed by atoms with Crippen molar-refractivity contribution in [1.29, 1.82) is 0 Å². The number of hydrogen-bond acceptors (Lipinski definition) is 6. The molecule has 0 aromatic rings. The lowest BCUT2D eigenvalue weighted by atomic mass is 10.0. The van der Waals surface area contributed by atoms with Gasteiger partial charge in [0, 0.05) is 19.3 Å². The first-order valence-electron chi connectivity index (χ1n) is 28.8. The van der Waals surface area contributed by atoms with Crippen LogP contribution in [0.15, 0.2) is 60.8 Å². The molecule has 0 saturated carbocycles. The van der Waals surface area contributed by atoms with Crippen molar-refractivity contribution in [1.82, 2.24) is 0 Å². The van der Waals surface area contributed by atoms with Crippen LogP contribution in [0, 0.1) is 0 Å². The molecule has 0 aromatic heterocycles. The van der Waals surface area contributed by atoms with Gasteiger partial charge in [0.05, 0.1) is 0 Å². The first kappa shape index (κ1) is 64.1. The van der Waals surface area contributed by atoms with Crippen molar-refractivity contribution >= 4 is 17.9 Å². The SMILES string of the molecule is CC/C=C\C/C=C\C/C=C\CCCCCCCCCC(=O)OC(COC(=O)CCCCCCC/C=C\C/C=C\CCC)COC(=O)CCCCCCCCCCCCCCCCCCCCC. The minimum atomic E-state index is -0.784. The first-order chi connectivity index (χ1) is 33.0. The average molecular weight is 938 g/mol. The van der Waals surface area contributed by atoms with Crippen LogP contribution in [-0.4, -0.2) is 37.2 Å². The summed E-state index contributed by atoms with van der Waals surface area (Å²) in [6, 6.07) is 0. The van der Waals surface area contributed by atoms with Gasteiger partial charge in [0.15, 0.2) is 6.10 Å². The first-order valence-corrected chi connectivity index (χ1v) is 28.8. The highest BCUT2D eigenvalue weighted by Crippen LogP contribution is 2.16. The van der Waals surface area contributed by atoms with Crippen LogP contribution in [0.1, 0.15) is 290 Å². The Balaban J connectivity index is 4.35. The summed E-state index contributed by atoms with van der Waals surface area (Å²) in [5.74, 6) is -0.893. The standard InChI is InChI=1S/C61H108O6/c1-4-7-10-13-16-19-22-25-27-29-30-32-33-36-39-42-45-48-51-54-60(63)66-57-58(56-65-59(62)53-50-47-44-41-38-35-24-21-18-15-12-9-6-3)67-61(64)55-52-49-46-43-40-37-34-31-28-26-23-20-17-14-11-8-5-2/h8,11-12,15,17,20-21,24,26,28,58H,4-7,9-10,13-14,16,18-19,22-23,25,27,29-57H2,1-3H3/b11-8-,15-12-,20-17-,24-21-,28-26-. The van der Waals surface area contributed by atoms with Crippen LogP contribution < -0.4 is 0 Å². The third kappa shape index (κ3) is 53.9. The zero-order chi connectivity index (χ0) is 48.6. The Hall–Kier alpha value is -2.89. The summed E-state index contributed by atoms with van der Waals surface area (Å²) in [6.07, 6.45) is 69.3. The van der Waals surface area contributed by atoms with E-state index in [9.17, 15) is 14.4 Å². The van der Waals surface area contributed by atoms with Gasteiger partial charge in [-0.3, -0.25) is 14.4 Å². The number of hydrogen-bond donors (Lipinski definition) is 0. The van der Waals surface area contributed by atoms with Crippen molar-refractivity contribution in [2.75, 3.05) is 13.2 Å². The van der Waals surface area contributed by atoms with Gasteiger partial charge in [-0.2, -0.15) is 0 Å². The van der Waals surface area contributed by atoms with Crippen molar-refractivity contribution in [3.05, 3.63) is 60.8 Å². The van der Waals surface area contributed by atoms with Crippen molar-refractivity contribution in [2.45, 2.75) is 297 Å². The van der Waals surface area contributed by atoms with Gasteiger partial charge in [0.1, 0.15) is 13.2 Å². The topological polar surface area (TPSA) is 78.9 Å². The van der Waals surface area contributed by atoms with Gasteiger partial charge in [-0.15, -0.1) is 0 Å². The van der Waals surface area contributed by atoms with E-state index in [0.29, 0.717) is 19.3 Å². The van der Waals surface area contributed by atoms with E-state index in [4.69, 9.17) is 14.2 Å². The molecule has 0 aromatic carbocycles. The molecule has 0 saturated heterocycles. The highest BCUT2D eigenvalue weighted by atomic mass is 16.6. The number of carbonyl (C=O) groups excluding carboxylic acids is 3. The van der Waals surface area contributed by atoms with Crippen LogP contribution in [0.4, 0.5) is 0 Å². The Kier molecular flexibility index (Phi) is 53.3. The van der Waals surface area contributed by atoms with Gasteiger partial charge in [0.2, 0.25) is 0 Å². The summed E-state index contributed by atoms with van der Waals surface area (Å²) in [5, 5.41) is 0. The molecule has 6 nitrogen and oxygen atoms in total. The lowest BCUT2D eigenvalue weighted by Gasteiger charge is -2.18. The van der Waals surface area contributed by atoms with Crippen LogP contribution >= 0.6 is 0 Å². The van der Waals surface area contributed by atoms with Gasteiger partial charge < -0.3 is 14.2 Å². The van der Waals surface area contributed by atoms with Gasteiger partial charge in [-0.25, -0.2) is 0 Å². The molecule has 0 rings (SSSR count). The van der Waals surface area contributed by atoms with Crippen LogP contribution in [0.25, 0.3) is 0 Å². The minimum absolute atomic E-state index is 0.0804. The number of unbranched alkanes of at least 4 members (excludes halogenated alkanes) is 31. The Bertz CT molecular complexity index is 1210. The Morgan fingerprint density at radius 3 is 0.970 bits per heavy atom. The molecule has 0 spiro atoms. The summed E-state index contributed by atoms with van der Waals surface area (Å²) in [4.78, 5) is 38.1. The summed E-state index contributed by atoms with van der Waals surface area (Å²) in [7, 11) is 0. The van der Waals surface area contributed by atoms with E-state index in [1.807, 2.05) is 0 Å². The van der Waals surface area contributed by atoms with E-state index in [1.165, 1.54) is 141 Å². The quantitative estimate of drug-likeness (QED) is 0.0262. The molecule has 67 heavy (non-hydrogen) atoms. The molecular formula is C61H108O6. The van der Waals surface area contributed by atoms with Gasteiger partial charge in [0.25, 0.3) is 0 Å². The second-order valence-electron chi connectivity index (χ2n) is 19.2. The fraction of sp³-hybridized carbons (Fsp3) is 0.787. The molecule has 0 fully saturated rings. The number of ether oxygens (including phenoxy) is 3. The molecule has 0 aliphatic rings. The maximum Gasteiger partial charge on any atom is 0.306 e. The molecule has 0 N–H and O–H groups in total. The second kappa shape index (κ2) is 55.7. The van der Waals surface area contributed by atoms with Crippen molar-refractivity contribution in [3.63, 3.8) is 0 Å². The Morgan fingerprint density at radius 2 is 0.612 bits per heavy atom. The molecule has 0 aliphatic heterocycles. The van der Waals surface area contributed by atoms with Gasteiger partial charge >= 0.3 is 17.9 Å². The molecule has 1 atom stereocenters. The Labute approximate surface area is 415 Å². The van der Waals surface area contributed by atoms with Crippen molar-refractivity contribution in [3.8, 4) is 0 Å². The predicted molar refractivity (Wildman–Crippen MR) is 288 cm³/mol. The van der Waals surface area contributed by atoms with Crippen molar-refractivity contribution < 1.29 is 28.6 Å². The zero-order valence-corrected chi connectivity index (χ0v) is 44.4. The Morgan fingerprint density at radius 1 is 0.313 bits per heavy atom. The number of carbonyl (C=O) groups is 3. The smallest absolute Gasteiger partial charge is 0.306 e. The summed E-state index contributed by atoms with van der Waals surface area (Å²) < 4.78 is 16.9. The lowest BCUT2D eigenvalue weighted by molar-refractivity contribution is -0.167. The fourth-order valence-corrected chi connectivity index (χ4v) is 8.20. The van der Waals surface area contributed by atoms with E-state index < -0.39 is 6.10 Å². The van der Waals surface area contributed by atoms with Crippen LogP contribution in [-0.2, 0) is 28.6 Å². The largest absolute Gasteiger partial charge is 0.462 e. The normalized spacial score (nSPS) is 12.5. The number of allylic oxidation sites excluding steroid dienone is 10. The van der Waals surface area contributed by atoms with E-state index in [2.05, 4.69) is 81.5 Å². The van der Waals surface area contributed by atoms with E-state index in [0.717, 1.165) is 109 Å². The molecule has 0 aliphatic carbocycles. The molecule has 6 heteroatoms. The van der Waals surface area contributed by atoms with Crippen molar-refractivity contribution in [2.24, 2.45) is 0 Å². The van der Waals surface area contributed by atoms with Crippen LogP contribution in [0.3, 0.4) is 0 Å². The molecule has 0 radical (unpaired) electrons. The second-order valence-corrected chi connectivity index (χ2v) is 19.2. The summed E-state index contributed by atoms with van der Waals surface area (Å²) >= 11 is 0. The molecule has 0 amide bonds. The average Bonchev–Trinajstić information content (AvgIpc) is 3.33. The molecule has 1 unspecified atom stereocenters. The number of rotatable bonds is 52. The van der Waals surface area contributed by atoms with Crippen LogP contribution in [0.5, 0.6) is 0 Å². The lowest BCUT2D eigenvalue weighted by Crippen LogP contribution is -2.30. The molecular weight excluding hydrogens is 829 g/mol. The van der Waals surface area contributed by atoms with Gasteiger partial charge in [-0.1, -0.05) is 255 Å². The molecule has 388 valence electrons. The highest BCUT2D eigenvalue weighted by Gasteiger charge is 2.19. The van der Waals surface area contributed by atoms with E-state index in [1.54, 1.807) is 0 Å². The van der Waals surface area contributed by atoms with Crippen LogP contribution in [0.2, 0.25) is 0 Å². The summed E-state index contributed by atoms with van der Waals surface area (Å²) in [6.45, 7) is 6.48. The van der Waals surface area contributed by atoms with E-state index in [-0.39, 0.29) is 31.1 Å². The minimum Gasteiger partial charge on any atom is -0.462 e. The maximum atomic E-state index is 12.8. The highest BCUT2D eigenvalue weighted by molar-refractivity contribution is 5.71. The predicted octanol–water partition coefficient (Wildman–Crippen LogP) is 19.2. The fourth-order valence-electron chi connectivity index (χ4n) is 8.20. The van der Waals surface area contributed by atoms with Gasteiger partial charge in [-0.05, 0) is 77.0 Å². The monoisotopic (exact) mass is 937 g/mol. The molecule has 0 bridgehead atoms. The number of esters is 3. The van der Waals surface area contributed by atoms with E-state index >= 15 is 0 Å². The molecule has 0 heterocycles. The third-order valence-corrected chi connectivity index (χ3v) is 12.5. The maximum absolute atomic E-state index is 12.8.